The molecule has 70 valence electrons. The van der Waals surface area contributed by atoms with Crippen molar-refractivity contribution in [2.75, 3.05) is 0 Å². The molecular formula is C11H14OS. The van der Waals surface area contributed by atoms with Crippen molar-refractivity contribution in [3.05, 3.63) is 30.3 Å². The van der Waals surface area contributed by atoms with Crippen LogP contribution in [-0.2, 0) is 0 Å². The van der Waals surface area contributed by atoms with Gasteiger partial charge in [-0.1, -0.05) is 18.2 Å². The molecule has 0 spiro atoms. The van der Waals surface area contributed by atoms with Gasteiger partial charge >= 0.3 is 0 Å². The van der Waals surface area contributed by atoms with Crippen molar-refractivity contribution >= 4 is 12.6 Å². The normalized spacial score (nSPS) is 27.5. The van der Waals surface area contributed by atoms with E-state index in [9.17, 15) is 0 Å². The molecule has 2 heteroatoms. The standard InChI is InChI=1S/C11H14OS/c13-11-8-4-7-10(11)12-9-5-2-1-3-6-9/h1-3,5-6,10-11,13H,4,7-8H2. The minimum Gasteiger partial charge on any atom is -0.489 e. The molecule has 0 bridgehead atoms. The van der Waals surface area contributed by atoms with Crippen molar-refractivity contribution in [2.24, 2.45) is 0 Å². The second-order valence-electron chi connectivity index (χ2n) is 3.47. The molecule has 0 radical (unpaired) electrons. The quantitative estimate of drug-likeness (QED) is 0.712. The highest BCUT2D eigenvalue weighted by molar-refractivity contribution is 7.81. The van der Waals surface area contributed by atoms with E-state index in [4.69, 9.17) is 4.74 Å². The number of thiol groups is 1. The fourth-order valence-electron chi connectivity index (χ4n) is 1.72. The Bertz CT molecular complexity index is 260. The summed E-state index contributed by atoms with van der Waals surface area (Å²) in [6.07, 6.45) is 3.88. The Balaban J connectivity index is 1.98. The molecule has 1 aromatic rings. The van der Waals surface area contributed by atoms with Crippen LogP contribution in [0.2, 0.25) is 0 Å². The molecular weight excluding hydrogens is 180 g/mol. The van der Waals surface area contributed by atoms with Gasteiger partial charge in [0, 0.05) is 5.25 Å². The molecule has 1 aliphatic rings. The van der Waals surface area contributed by atoms with Crippen LogP contribution in [0.25, 0.3) is 0 Å². The van der Waals surface area contributed by atoms with E-state index in [2.05, 4.69) is 12.6 Å². The predicted octanol–water partition coefficient (Wildman–Crippen LogP) is 2.92. The average Bonchev–Trinajstić information content (AvgIpc) is 2.54. The molecule has 0 heterocycles. The summed E-state index contributed by atoms with van der Waals surface area (Å²) in [6.45, 7) is 0. The summed E-state index contributed by atoms with van der Waals surface area (Å²) in [7, 11) is 0. The van der Waals surface area contributed by atoms with Crippen LogP contribution in [0.4, 0.5) is 0 Å². The second-order valence-corrected chi connectivity index (χ2v) is 4.13. The Morgan fingerprint density at radius 1 is 1.15 bits per heavy atom. The van der Waals surface area contributed by atoms with Gasteiger partial charge in [0.2, 0.25) is 0 Å². The lowest BCUT2D eigenvalue weighted by atomic mass is 10.3. The molecule has 0 amide bonds. The molecule has 2 atom stereocenters. The maximum absolute atomic E-state index is 5.81. The molecule has 1 fully saturated rings. The van der Waals surface area contributed by atoms with E-state index in [0.29, 0.717) is 11.4 Å². The summed E-state index contributed by atoms with van der Waals surface area (Å²) in [5.41, 5.74) is 0. The van der Waals surface area contributed by atoms with Crippen LogP contribution >= 0.6 is 12.6 Å². The van der Waals surface area contributed by atoms with E-state index in [-0.39, 0.29) is 0 Å². The number of hydrogen-bond donors (Lipinski definition) is 1. The first kappa shape index (κ1) is 8.95. The first-order valence-corrected chi connectivity index (χ1v) is 5.27. The van der Waals surface area contributed by atoms with Crippen LogP contribution in [0.1, 0.15) is 19.3 Å². The minimum absolute atomic E-state index is 0.311. The van der Waals surface area contributed by atoms with E-state index in [1.807, 2.05) is 30.3 Å². The van der Waals surface area contributed by atoms with Gasteiger partial charge in [-0.2, -0.15) is 12.6 Å². The van der Waals surface area contributed by atoms with E-state index in [1.165, 1.54) is 12.8 Å². The van der Waals surface area contributed by atoms with Crippen molar-refractivity contribution in [1.82, 2.24) is 0 Å². The molecule has 0 N–H and O–H groups in total. The van der Waals surface area contributed by atoms with Crippen molar-refractivity contribution in [1.29, 1.82) is 0 Å². The van der Waals surface area contributed by atoms with Gasteiger partial charge in [-0.15, -0.1) is 0 Å². The monoisotopic (exact) mass is 194 g/mol. The van der Waals surface area contributed by atoms with Crippen LogP contribution in [0.5, 0.6) is 5.75 Å². The summed E-state index contributed by atoms with van der Waals surface area (Å²) in [5.74, 6) is 0.966. The molecule has 13 heavy (non-hydrogen) atoms. The summed E-state index contributed by atoms with van der Waals surface area (Å²) in [4.78, 5) is 0. The lowest BCUT2D eigenvalue weighted by Gasteiger charge is -2.16. The number of ether oxygens (including phenoxy) is 1. The largest absolute Gasteiger partial charge is 0.489 e. The van der Waals surface area contributed by atoms with Crippen LogP contribution in [0, 0.1) is 0 Å². The summed E-state index contributed by atoms with van der Waals surface area (Å²) in [5, 5.41) is 0.417. The van der Waals surface area contributed by atoms with Gasteiger partial charge in [0.1, 0.15) is 11.9 Å². The van der Waals surface area contributed by atoms with Gasteiger partial charge in [-0.3, -0.25) is 0 Å². The summed E-state index contributed by atoms with van der Waals surface area (Å²) < 4.78 is 5.81. The van der Waals surface area contributed by atoms with Crippen molar-refractivity contribution < 1.29 is 4.74 Å². The Morgan fingerprint density at radius 2 is 1.92 bits per heavy atom. The average molecular weight is 194 g/mol. The van der Waals surface area contributed by atoms with Gasteiger partial charge in [0.25, 0.3) is 0 Å². The number of hydrogen-bond acceptors (Lipinski definition) is 2. The molecule has 1 aliphatic carbocycles. The van der Waals surface area contributed by atoms with Crippen LogP contribution in [-0.4, -0.2) is 11.4 Å². The molecule has 2 unspecified atom stereocenters. The Hall–Kier alpha value is -0.630. The fraction of sp³-hybridized carbons (Fsp3) is 0.455. The van der Waals surface area contributed by atoms with Crippen LogP contribution < -0.4 is 4.74 Å². The van der Waals surface area contributed by atoms with Crippen molar-refractivity contribution in [3.63, 3.8) is 0 Å². The molecule has 0 aliphatic heterocycles. The van der Waals surface area contributed by atoms with Gasteiger partial charge in [0.15, 0.2) is 0 Å². The second kappa shape index (κ2) is 4.05. The Labute approximate surface area is 84.5 Å². The first-order chi connectivity index (χ1) is 6.36. The molecule has 0 saturated heterocycles. The first-order valence-electron chi connectivity index (χ1n) is 4.76. The smallest absolute Gasteiger partial charge is 0.119 e. The fourth-order valence-corrected chi connectivity index (χ4v) is 2.11. The number of rotatable bonds is 2. The lowest BCUT2D eigenvalue weighted by molar-refractivity contribution is 0.215. The van der Waals surface area contributed by atoms with E-state index in [1.54, 1.807) is 0 Å². The Kier molecular flexibility index (Phi) is 2.79. The molecule has 0 aromatic heterocycles. The summed E-state index contributed by atoms with van der Waals surface area (Å²) >= 11 is 4.49. The van der Waals surface area contributed by atoms with E-state index >= 15 is 0 Å². The van der Waals surface area contributed by atoms with Crippen LogP contribution in [0.3, 0.4) is 0 Å². The zero-order chi connectivity index (χ0) is 9.10. The molecule has 2 rings (SSSR count). The topological polar surface area (TPSA) is 9.23 Å². The highest BCUT2D eigenvalue weighted by Crippen LogP contribution is 2.27. The highest BCUT2D eigenvalue weighted by Gasteiger charge is 2.25. The third-order valence-corrected chi connectivity index (χ3v) is 3.04. The van der Waals surface area contributed by atoms with Crippen molar-refractivity contribution in [2.45, 2.75) is 30.6 Å². The summed E-state index contributed by atoms with van der Waals surface area (Å²) in [6, 6.07) is 9.99. The zero-order valence-corrected chi connectivity index (χ0v) is 8.41. The van der Waals surface area contributed by atoms with Gasteiger partial charge in [-0.05, 0) is 31.4 Å². The van der Waals surface area contributed by atoms with Gasteiger partial charge in [-0.25, -0.2) is 0 Å². The molecule has 1 saturated carbocycles. The maximum Gasteiger partial charge on any atom is 0.119 e. The number of benzene rings is 1. The maximum atomic E-state index is 5.81. The van der Waals surface area contributed by atoms with Gasteiger partial charge < -0.3 is 4.74 Å². The van der Waals surface area contributed by atoms with E-state index in [0.717, 1.165) is 12.2 Å². The van der Waals surface area contributed by atoms with Crippen molar-refractivity contribution in [3.8, 4) is 5.75 Å². The van der Waals surface area contributed by atoms with E-state index < -0.39 is 0 Å². The number of para-hydroxylation sites is 1. The molecule has 1 aromatic carbocycles. The van der Waals surface area contributed by atoms with Gasteiger partial charge in [0.05, 0.1) is 0 Å². The lowest BCUT2D eigenvalue weighted by Crippen LogP contribution is -2.21. The third-order valence-electron chi connectivity index (χ3n) is 2.45. The zero-order valence-electron chi connectivity index (χ0n) is 7.52. The SMILES string of the molecule is SC1CCCC1Oc1ccccc1. The Morgan fingerprint density at radius 3 is 2.54 bits per heavy atom. The molecule has 1 nitrogen and oxygen atoms in total. The minimum atomic E-state index is 0.311. The third kappa shape index (κ3) is 2.19. The van der Waals surface area contributed by atoms with Crippen LogP contribution in [0.15, 0.2) is 30.3 Å². The highest BCUT2D eigenvalue weighted by atomic mass is 32.1. The predicted molar refractivity (Wildman–Crippen MR) is 57.5 cm³/mol.